The summed E-state index contributed by atoms with van der Waals surface area (Å²) in [5, 5.41) is 0. The lowest BCUT2D eigenvalue weighted by Gasteiger charge is -2.17. The van der Waals surface area contributed by atoms with Crippen LogP contribution in [0.1, 0.15) is 245 Å². The molecule has 0 radical (unpaired) electrons. The van der Waals surface area contributed by atoms with Gasteiger partial charge in [-0.1, -0.05) is 225 Å². The van der Waals surface area contributed by atoms with Gasteiger partial charge in [0.25, 0.3) is 0 Å². The summed E-state index contributed by atoms with van der Waals surface area (Å²) in [6.45, 7) is 9.83. The predicted octanol–water partition coefficient (Wildman–Crippen LogP) is 17.4. The van der Waals surface area contributed by atoms with Crippen LogP contribution in [0.3, 0.4) is 0 Å². The van der Waals surface area contributed by atoms with Gasteiger partial charge in [-0.15, -0.1) is 0 Å². The fraction of sp³-hybridized carbons (Fsp3) is 0.880. The van der Waals surface area contributed by atoms with E-state index in [2.05, 4.69) is 13.8 Å². The van der Waals surface area contributed by atoms with Crippen LogP contribution in [0.25, 0.3) is 0 Å². The van der Waals surface area contributed by atoms with Gasteiger partial charge < -0.3 is 23.0 Å². The van der Waals surface area contributed by atoms with Crippen molar-refractivity contribution in [3.8, 4) is 5.75 Å². The third kappa shape index (κ3) is 41.4. The summed E-state index contributed by atoms with van der Waals surface area (Å²) < 4.78 is 30.1. The number of unbranched alkanes of at least 4 members (excludes halogenated alkanes) is 32. The lowest BCUT2D eigenvalue weighted by Crippen LogP contribution is -2.01. The molecule has 0 aliphatic carbocycles. The topological polar surface area (TPSA) is 46.2 Å². The van der Waals surface area contributed by atoms with Gasteiger partial charge in [-0.3, -0.25) is 0 Å². The molecule has 1 aromatic rings. The maximum atomic E-state index is 6.13. The molecule has 0 saturated carbocycles. The molecule has 1 rings (SSSR count). The Balaban J connectivity index is 1.90. The summed E-state index contributed by atoms with van der Waals surface area (Å²) in [6, 6.07) is 9.99. The zero-order valence-electron chi connectivity index (χ0n) is 37.6. The molecule has 0 heterocycles. The third-order valence-electron chi connectivity index (χ3n) is 11.0. The number of ether oxygens (including phenoxy) is 2. The van der Waals surface area contributed by atoms with Crippen molar-refractivity contribution < 1.29 is 23.0 Å². The molecule has 56 heavy (non-hydrogen) atoms. The lowest BCUT2D eigenvalue weighted by atomic mass is 10.1. The molecular weight excluding hydrogens is 712 g/mol. The average Bonchev–Trinajstić information content (AvgIpc) is 3.22. The van der Waals surface area contributed by atoms with Gasteiger partial charge in [-0.05, 0) is 50.7 Å². The van der Waals surface area contributed by atoms with E-state index in [-0.39, 0.29) is 0 Å². The molecule has 330 valence electrons. The molecule has 0 aromatic heterocycles. The van der Waals surface area contributed by atoms with Crippen molar-refractivity contribution in [1.82, 2.24) is 0 Å². The number of para-hydroxylation sites is 1. The zero-order valence-corrected chi connectivity index (χ0v) is 38.5. The molecule has 0 spiro atoms. The van der Waals surface area contributed by atoms with Crippen LogP contribution in [0.5, 0.6) is 5.75 Å². The van der Waals surface area contributed by atoms with E-state index in [1.807, 2.05) is 30.3 Å². The first-order valence-electron chi connectivity index (χ1n) is 24.8. The van der Waals surface area contributed by atoms with Gasteiger partial charge in [0.05, 0.1) is 13.2 Å². The smallest absolute Gasteiger partial charge is 0.397 e. The van der Waals surface area contributed by atoms with E-state index in [1.165, 1.54) is 218 Å². The molecule has 5 nitrogen and oxygen atoms in total. The van der Waals surface area contributed by atoms with Crippen LogP contribution >= 0.6 is 8.60 Å². The molecule has 0 unspecified atom stereocenters. The molecule has 0 atom stereocenters. The Morgan fingerprint density at radius 2 is 0.554 bits per heavy atom. The highest BCUT2D eigenvalue weighted by Gasteiger charge is 2.14. The maximum absolute atomic E-state index is 6.13. The lowest BCUT2D eigenvalue weighted by molar-refractivity contribution is 0.125. The van der Waals surface area contributed by atoms with E-state index in [1.54, 1.807) is 0 Å². The minimum Gasteiger partial charge on any atom is -0.427 e. The van der Waals surface area contributed by atoms with Crippen molar-refractivity contribution in [3.05, 3.63) is 30.3 Å². The van der Waals surface area contributed by atoms with Crippen LogP contribution < -0.4 is 4.52 Å². The van der Waals surface area contributed by atoms with E-state index < -0.39 is 8.60 Å². The highest BCUT2D eigenvalue weighted by Crippen LogP contribution is 2.41. The van der Waals surface area contributed by atoms with Crippen LogP contribution in [0, 0.1) is 0 Å². The maximum Gasteiger partial charge on any atom is 0.397 e. The van der Waals surface area contributed by atoms with Gasteiger partial charge in [-0.2, -0.15) is 0 Å². The first-order valence-corrected chi connectivity index (χ1v) is 25.9. The Hall–Kier alpha value is -0.710. The van der Waals surface area contributed by atoms with Gasteiger partial charge in [0.1, 0.15) is 5.75 Å². The van der Waals surface area contributed by atoms with E-state index in [0.29, 0.717) is 13.2 Å². The normalized spacial score (nSPS) is 11.6. The zero-order chi connectivity index (χ0) is 39.9. The number of rotatable bonds is 48. The first kappa shape index (κ1) is 53.3. The van der Waals surface area contributed by atoms with Gasteiger partial charge in [-0.25, -0.2) is 0 Å². The summed E-state index contributed by atoms with van der Waals surface area (Å²) in [4.78, 5) is 0. The second kappa shape index (κ2) is 47.0. The number of hydrogen-bond acceptors (Lipinski definition) is 5. The van der Waals surface area contributed by atoms with Crippen LogP contribution in [0.15, 0.2) is 30.3 Å². The summed E-state index contributed by atoms with van der Waals surface area (Å²) in [7, 11) is -1.35. The Morgan fingerprint density at radius 3 is 0.839 bits per heavy atom. The molecule has 0 bridgehead atoms. The highest BCUT2D eigenvalue weighted by atomic mass is 31.2. The molecule has 0 aliphatic heterocycles. The molecule has 0 N–H and O–H groups in total. The van der Waals surface area contributed by atoms with E-state index in [9.17, 15) is 0 Å². The van der Waals surface area contributed by atoms with Crippen molar-refractivity contribution in [1.29, 1.82) is 0 Å². The minimum atomic E-state index is -1.35. The van der Waals surface area contributed by atoms with Crippen molar-refractivity contribution in [2.45, 2.75) is 245 Å². The average molecular weight is 807 g/mol. The Labute approximate surface area is 351 Å². The van der Waals surface area contributed by atoms with E-state index in [4.69, 9.17) is 23.0 Å². The second-order valence-corrected chi connectivity index (χ2v) is 17.7. The van der Waals surface area contributed by atoms with E-state index >= 15 is 0 Å². The monoisotopic (exact) mass is 807 g/mol. The van der Waals surface area contributed by atoms with Crippen molar-refractivity contribution in [2.24, 2.45) is 0 Å². The molecule has 6 heteroatoms. The highest BCUT2D eigenvalue weighted by molar-refractivity contribution is 7.42. The van der Waals surface area contributed by atoms with Gasteiger partial charge in [0, 0.05) is 26.4 Å². The Kier molecular flexibility index (Phi) is 44.7. The fourth-order valence-corrected chi connectivity index (χ4v) is 8.29. The van der Waals surface area contributed by atoms with Crippen LogP contribution in [0.2, 0.25) is 0 Å². The van der Waals surface area contributed by atoms with Crippen LogP contribution in [0.4, 0.5) is 0 Å². The Morgan fingerprint density at radius 1 is 0.304 bits per heavy atom. The molecular formula is C50H95O5P. The molecule has 1 aromatic carbocycles. The fourth-order valence-electron chi connectivity index (χ4n) is 7.26. The third-order valence-corrected chi connectivity index (χ3v) is 12.1. The van der Waals surface area contributed by atoms with E-state index in [0.717, 1.165) is 45.0 Å². The standard InChI is InChI=1S/C50H95O5P/c1-3-5-7-9-11-15-21-27-36-44-51-46-38-29-23-17-13-19-25-31-40-48-53-56(55-50-42-34-33-35-43-50)54-49-41-32-26-20-14-18-24-30-39-47-52-45-37-28-22-16-12-10-8-6-4-2/h33-35,42-43H,3-32,36-41,44-49H2,1-2H3. The molecule has 0 saturated heterocycles. The summed E-state index contributed by atoms with van der Waals surface area (Å²) in [6.07, 6.45) is 47.8. The van der Waals surface area contributed by atoms with Gasteiger partial charge >= 0.3 is 8.60 Å². The van der Waals surface area contributed by atoms with Crippen molar-refractivity contribution >= 4 is 8.60 Å². The van der Waals surface area contributed by atoms with Crippen LogP contribution in [-0.2, 0) is 18.5 Å². The Bertz CT molecular complexity index is 794. The largest absolute Gasteiger partial charge is 0.427 e. The quantitative estimate of drug-likeness (QED) is 0.0485. The molecule has 0 amide bonds. The summed E-state index contributed by atoms with van der Waals surface area (Å²) >= 11 is 0. The van der Waals surface area contributed by atoms with Crippen molar-refractivity contribution in [3.63, 3.8) is 0 Å². The minimum absolute atomic E-state index is 0.711. The second-order valence-electron chi connectivity index (χ2n) is 16.5. The van der Waals surface area contributed by atoms with Crippen LogP contribution in [-0.4, -0.2) is 39.6 Å². The van der Waals surface area contributed by atoms with Crippen molar-refractivity contribution in [2.75, 3.05) is 39.6 Å². The summed E-state index contributed by atoms with van der Waals surface area (Å²) in [5.74, 6) is 0.828. The number of benzene rings is 1. The summed E-state index contributed by atoms with van der Waals surface area (Å²) in [5.41, 5.74) is 0. The number of hydrogen-bond donors (Lipinski definition) is 0. The SMILES string of the molecule is CCCCCCCCCCCOCCCCCCCCCCCOP(OCCCCCCCCCCCOCCCCCCCCCCC)Oc1ccccc1. The first-order chi connectivity index (χ1) is 27.9. The van der Waals surface area contributed by atoms with Gasteiger partial charge in [0.2, 0.25) is 0 Å². The van der Waals surface area contributed by atoms with Gasteiger partial charge in [0.15, 0.2) is 0 Å². The molecule has 0 fully saturated rings. The predicted molar refractivity (Wildman–Crippen MR) is 245 cm³/mol. The molecule has 0 aliphatic rings.